The van der Waals surface area contributed by atoms with Crippen molar-refractivity contribution in [2.24, 2.45) is 5.73 Å². The van der Waals surface area contributed by atoms with Crippen LogP contribution >= 0.6 is 11.6 Å². The zero-order valence-electron chi connectivity index (χ0n) is 18.0. The molecule has 0 saturated heterocycles. The van der Waals surface area contributed by atoms with Gasteiger partial charge in [-0.25, -0.2) is 0 Å². The van der Waals surface area contributed by atoms with E-state index in [-0.39, 0.29) is 0 Å². The molecular formula is C27H23ClN2O3. The molecule has 166 valence electrons. The second-order valence-corrected chi connectivity index (χ2v) is 7.73. The maximum atomic E-state index is 11.2. The smallest absolute Gasteiger partial charge is 0.173 e. The third kappa shape index (κ3) is 5.00. The molecule has 0 aliphatic rings. The van der Waals surface area contributed by atoms with E-state index in [1.807, 2.05) is 79.7 Å². The lowest BCUT2D eigenvalue weighted by atomic mass is 9.94. The van der Waals surface area contributed by atoms with Crippen LogP contribution in [-0.2, 0) is 0 Å². The van der Waals surface area contributed by atoms with E-state index < -0.39 is 6.10 Å². The molecule has 4 aromatic rings. The number of benzene rings is 3. The Bertz CT molecular complexity index is 1280. The quantitative estimate of drug-likeness (QED) is 0.294. The minimum atomic E-state index is -1.05. The van der Waals surface area contributed by atoms with Crippen LogP contribution in [-0.4, -0.2) is 10.3 Å². The maximum absolute atomic E-state index is 11.2. The summed E-state index contributed by atoms with van der Waals surface area (Å²) in [4.78, 5) is 0. The Balaban J connectivity index is 1.76. The molecule has 0 spiro atoms. The molecular weight excluding hydrogens is 436 g/mol. The van der Waals surface area contributed by atoms with Crippen molar-refractivity contribution in [3.63, 3.8) is 0 Å². The molecule has 4 rings (SSSR count). The zero-order chi connectivity index (χ0) is 23.2. The van der Waals surface area contributed by atoms with Gasteiger partial charge in [0.05, 0.1) is 5.56 Å². The number of aliphatic hydroxyl groups excluding tert-OH is 1. The van der Waals surface area contributed by atoms with Crippen molar-refractivity contribution >= 4 is 11.6 Å². The molecule has 1 unspecified atom stereocenters. The molecule has 1 heterocycles. The van der Waals surface area contributed by atoms with Gasteiger partial charge in [-0.2, -0.15) is 0 Å². The van der Waals surface area contributed by atoms with Crippen molar-refractivity contribution in [1.29, 1.82) is 0 Å². The van der Waals surface area contributed by atoms with Gasteiger partial charge in [-0.05, 0) is 55.5 Å². The number of allylic oxidation sites excluding steroid dienone is 1. The Morgan fingerprint density at radius 3 is 2.39 bits per heavy atom. The molecule has 6 heteroatoms. The maximum Gasteiger partial charge on any atom is 0.173 e. The molecule has 0 fully saturated rings. The van der Waals surface area contributed by atoms with Gasteiger partial charge in [0.2, 0.25) is 0 Å². The van der Waals surface area contributed by atoms with E-state index in [1.165, 1.54) is 6.20 Å². The number of nitrogens with two attached hydrogens (primary N) is 1. The first-order valence-electron chi connectivity index (χ1n) is 10.4. The molecule has 1 atom stereocenters. The summed E-state index contributed by atoms with van der Waals surface area (Å²) in [5.74, 6) is 1.85. The first-order valence-corrected chi connectivity index (χ1v) is 10.8. The lowest BCUT2D eigenvalue weighted by molar-refractivity contribution is 0.219. The van der Waals surface area contributed by atoms with Crippen LogP contribution in [0.3, 0.4) is 0 Å². The second kappa shape index (κ2) is 10.2. The van der Waals surface area contributed by atoms with Crippen molar-refractivity contribution in [3.05, 3.63) is 113 Å². The Labute approximate surface area is 197 Å². The number of ether oxygens (including phenoxy) is 1. The van der Waals surface area contributed by atoms with E-state index in [1.54, 1.807) is 18.2 Å². The number of nitrogens with zero attached hydrogens (tertiary/aromatic N) is 1. The van der Waals surface area contributed by atoms with Gasteiger partial charge in [-0.1, -0.05) is 59.2 Å². The van der Waals surface area contributed by atoms with E-state index >= 15 is 0 Å². The average Bonchev–Trinajstić information content (AvgIpc) is 3.28. The molecule has 0 saturated carbocycles. The number of halogens is 1. The number of hydrogen-bond donors (Lipinski definition) is 2. The number of rotatable bonds is 7. The van der Waals surface area contributed by atoms with Crippen LogP contribution in [0.15, 0.2) is 107 Å². The minimum Gasteiger partial charge on any atom is -0.457 e. The van der Waals surface area contributed by atoms with Gasteiger partial charge in [0.15, 0.2) is 5.76 Å². The van der Waals surface area contributed by atoms with Crippen LogP contribution in [0.25, 0.3) is 22.6 Å². The van der Waals surface area contributed by atoms with Gasteiger partial charge in [-0.15, -0.1) is 0 Å². The van der Waals surface area contributed by atoms with Crippen LogP contribution in [0.2, 0.25) is 5.02 Å². The van der Waals surface area contributed by atoms with E-state index in [0.717, 1.165) is 11.3 Å². The SMILES string of the molecule is C/C=C\C(=C/N)C(O)c1c(-c2ccc(Oc3ccccc3)cc2)noc1-c1cccc(Cl)c1. The molecule has 1 aromatic heterocycles. The van der Waals surface area contributed by atoms with E-state index in [0.29, 0.717) is 38.9 Å². The molecule has 0 aliphatic heterocycles. The van der Waals surface area contributed by atoms with Crippen molar-refractivity contribution in [3.8, 4) is 34.1 Å². The van der Waals surface area contributed by atoms with Crippen molar-refractivity contribution < 1.29 is 14.4 Å². The average molecular weight is 459 g/mol. The molecule has 33 heavy (non-hydrogen) atoms. The zero-order valence-corrected chi connectivity index (χ0v) is 18.7. The van der Waals surface area contributed by atoms with Crippen molar-refractivity contribution in [2.45, 2.75) is 13.0 Å². The molecule has 5 nitrogen and oxygen atoms in total. The van der Waals surface area contributed by atoms with Crippen LogP contribution < -0.4 is 10.5 Å². The van der Waals surface area contributed by atoms with Crippen LogP contribution in [0, 0.1) is 0 Å². The third-order valence-corrected chi connectivity index (χ3v) is 5.30. The highest BCUT2D eigenvalue weighted by Gasteiger charge is 2.27. The summed E-state index contributed by atoms with van der Waals surface area (Å²) in [6.07, 6.45) is 3.88. The fourth-order valence-electron chi connectivity index (χ4n) is 3.50. The standard InChI is InChI=1S/C27H23ClN2O3/c1-2-7-20(17-29)26(31)24-25(30-33-27(24)19-8-6-9-21(28)16-19)18-12-14-23(15-13-18)32-22-10-4-3-5-11-22/h2-17,26,31H,29H2,1H3/b7-2-,20-17+. The predicted octanol–water partition coefficient (Wildman–Crippen LogP) is 6.91. The van der Waals surface area contributed by atoms with Crippen molar-refractivity contribution in [1.82, 2.24) is 5.16 Å². The molecule has 3 aromatic carbocycles. The highest BCUT2D eigenvalue weighted by molar-refractivity contribution is 6.30. The van der Waals surface area contributed by atoms with Gasteiger partial charge in [-0.3, -0.25) is 0 Å². The van der Waals surface area contributed by atoms with Gasteiger partial charge in [0.1, 0.15) is 23.3 Å². The Hall–Kier alpha value is -3.80. The van der Waals surface area contributed by atoms with Crippen LogP contribution in [0.1, 0.15) is 18.6 Å². The van der Waals surface area contributed by atoms with E-state index in [4.69, 9.17) is 26.6 Å². The summed E-state index contributed by atoms with van der Waals surface area (Å²) in [6, 6.07) is 24.2. The summed E-state index contributed by atoms with van der Waals surface area (Å²) in [5, 5.41) is 16.1. The number of para-hydroxylation sites is 1. The topological polar surface area (TPSA) is 81.5 Å². The summed E-state index contributed by atoms with van der Waals surface area (Å²) in [5.41, 5.74) is 8.80. The van der Waals surface area contributed by atoms with Gasteiger partial charge in [0, 0.05) is 27.9 Å². The van der Waals surface area contributed by atoms with Crippen LogP contribution in [0.4, 0.5) is 0 Å². The van der Waals surface area contributed by atoms with E-state index in [9.17, 15) is 5.11 Å². The second-order valence-electron chi connectivity index (χ2n) is 7.29. The molecule has 0 bridgehead atoms. The lowest BCUT2D eigenvalue weighted by Gasteiger charge is -2.14. The highest BCUT2D eigenvalue weighted by atomic mass is 35.5. The number of aromatic nitrogens is 1. The largest absolute Gasteiger partial charge is 0.457 e. The summed E-state index contributed by atoms with van der Waals surface area (Å²) >= 11 is 6.19. The Morgan fingerprint density at radius 2 is 1.73 bits per heavy atom. The Kier molecular flexibility index (Phi) is 6.93. The molecule has 3 N–H and O–H groups in total. The fraction of sp³-hybridized carbons (Fsp3) is 0.0741. The first kappa shape index (κ1) is 22.4. The summed E-state index contributed by atoms with van der Waals surface area (Å²) in [6.45, 7) is 1.86. The minimum absolute atomic E-state index is 0.425. The summed E-state index contributed by atoms with van der Waals surface area (Å²) < 4.78 is 11.6. The predicted molar refractivity (Wildman–Crippen MR) is 131 cm³/mol. The molecule has 0 radical (unpaired) electrons. The summed E-state index contributed by atoms with van der Waals surface area (Å²) in [7, 11) is 0. The fourth-order valence-corrected chi connectivity index (χ4v) is 3.69. The first-order chi connectivity index (χ1) is 16.1. The van der Waals surface area contributed by atoms with Gasteiger partial charge < -0.3 is 20.1 Å². The monoisotopic (exact) mass is 458 g/mol. The number of aliphatic hydroxyl groups is 1. The highest BCUT2D eigenvalue weighted by Crippen LogP contribution is 2.40. The van der Waals surface area contributed by atoms with Crippen molar-refractivity contribution in [2.75, 3.05) is 0 Å². The number of hydrogen-bond acceptors (Lipinski definition) is 5. The lowest BCUT2D eigenvalue weighted by Crippen LogP contribution is -2.04. The van der Waals surface area contributed by atoms with E-state index in [2.05, 4.69) is 5.16 Å². The third-order valence-electron chi connectivity index (χ3n) is 5.06. The molecule has 0 aliphatic carbocycles. The van der Waals surface area contributed by atoms with Crippen LogP contribution in [0.5, 0.6) is 11.5 Å². The normalized spacial score (nSPS) is 12.8. The van der Waals surface area contributed by atoms with Gasteiger partial charge >= 0.3 is 0 Å². The molecule has 0 amide bonds. The Morgan fingerprint density at radius 1 is 1.00 bits per heavy atom. The van der Waals surface area contributed by atoms with Gasteiger partial charge in [0.25, 0.3) is 0 Å².